The Kier molecular flexibility index (Phi) is 5.78. The van der Waals surface area contributed by atoms with Gasteiger partial charge in [-0.15, -0.1) is 0 Å². The van der Waals surface area contributed by atoms with Crippen LogP contribution in [0.4, 0.5) is 15.8 Å². The van der Waals surface area contributed by atoms with Gasteiger partial charge < -0.3 is 19.9 Å². The molecule has 3 aromatic rings. The van der Waals surface area contributed by atoms with Crippen molar-refractivity contribution in [3.63, 3.8) is 0 Å². The molecule has 5 rings (SSSR count). The van der Waals surface area contributed by atoms with E-state index in [4.69, 9.17) is 0 Å². The predicted octanol–water partition coefficient (Wildman–Crippen LogP) is 3.22. The molecule has 34 heavy (non-hydrogen) atoms. The van der Waals surface area contributed by atoms with Gasteiger partial charge in [0, 0.05) is 37.3 Å². The molecule has 0 aliphatic carbocycles. The van der Waals surface area contributed by atoms with Gasteiger partial charge in [0.15, 0.2) is 0 Å². The molecule has 0 spiro atoms. The predicted molar refractivity (Wildman–Crippen MR) is 129 cm³/mol. The van der Waals surface area contributed by atoms with Crippen molar-refractivity contribution in [2.24, 2.45) is 0 Å². The number of carboxylic acids is 1. The maximum atomic E-state index is 15.1. The molecule has 1 atom stereocenters. The summed E-state index contributed by atoms with van der Waals surface area (Å²) in [7, 11) is 0. The van der Waals surface area contributed by atoms with Gasteiger partial charge in [-0.2, -0.15) is 0 Å². The van der Waals surface area contributed by atoms with E-state index in [0.29, 0.717) is 42.4 Å². The second-order valence-corrected chi connectivity index (χ2v) is 9.70. The SMILES string of the molecule is CC1Sc2c(C(=O)O)c(=O)c3cc(F)c(N4CCN(CC(=O)Nc5ccccc5)CC4)cc3n21. The number of hydrogen-bond acceptors (Lipinski definition) is 6. The molecule has 0 radical (unpaired) electrons. The van der Waals surface area contributed by atoms with E-state index < -0.39 is 17.2 Å². The molecule has 176 valence electrons. The van der Waals surface area contributed by atoms with E-state index in [1.807, 2.05) is 47.1 Å². The van der Waals surface area contributed by atoms with E-state index in [1.54, 1.807) is 10.6 Å². The van der Waals surface area contributed by atoms with Gasteiger partial charge in [-0.1, -0.05) is 30.0 Å². The maximum Gasteiger partial charge on any atom is 0.342 e. The molecule has 1 amide bonds. The number of halogens is 1. The van der Waals surface area contributed by atoms with Crippen LogP contribution in [0.25, 0.3) is 10.9 Å². The summed E-state index contributed by atoms with van der Waals surface area (Å²) in [5.41, 5.74) is 0.701. The van der Waals surface area contributed by atoms with E-state index in [9.17, 15) is 19.5 Å². The van der Waals surface area contributed by atoms with Gasteiger partial charge >= 0.3 is 5.97 Å². The Balaban J connectivity index is 1.34. The highest BCUT2D eigenvalue weighted by Gasteiger charge is 2.33. The van der Waals surface area contributed by atoms with Gasteiger partial charge in [-0.25, -0.2) is 9.18 Å². The van der Waals surface area contributed by atoms with Crippen LogP contribution < -0.4 is 15.6 Å². The topological polar surface area (TPSA) is 94.9 Å². The Hall–Kier alpha value is -3.37. The third-order valence-corrected chi connectivity index (χ3v) is 7.40. The molecule has 1 unspecified atom stereocenters. The van der Waals surface area contributed by atoms with E-state index in [1.165, 1.54) is 11.8 Å². The molecule has 1 fully saturated rings. The molecule has 2 aliphatic rings. The number of carbonyl (C=O) groups is 2. The maximum absolute atomic E-state index is 15.1. The molecular formula is C24H23FN4O4S. The fourth-order valence-electron chi connectivity index (χ4n) is 4.54. The van der Waals surface area contributed by atoms with Crippen molar-refractivity contribution in [3.05, 3.63) is 64.1 Å². The lowest BCUT2D eigenvalue weighted by molar-refractivity contribution is -0.117. The summed E-state index contributed by atoms with van der Waals surface area (Å²) in [5, 5.41) is 12.8. The van der Waals surface area contributed by atoms with Gasteiger partial charge in [0.25, 0.3) is 0 Å². The fraction of sp³-hybridized carbons (Fsp3) is 0.292. The van der Waals surface area contributed by atoms with Crippen LogP contribution in [-0.2, 0) is 4.79 Å². The number of piperazine rings is 1. The lowest BCUT2D eigenvalue weighted by Crippen LogP contribution is -2.49. The summed E-state index contributed by atoms with van der Waals surface area (Å²) < 4.78 is 16.9. The number of para-hydroxylation sites is 1. The van der Waals surface area contributed by atoms with Crippen molar-refractivity contribution in [2.75, 3.05) is 42.9 Å². The zero-order valence-corrected chi connectivity index (χ0v) is 19.3. The van der Waals surface area contributed by atoms with Crippen molar-refractivity contribution in [1.82, 2.24) is 9.47 Å². The van der Waals surface area contributed by atoms with Crippen LogP contribution in [-0.4, -0.2) is 59.2 Å². The number of fused-ring (bicyclic) bond motifs is 3. The fourth-order valence-corrected chi connectivity index (χ4v) is 5.69. The smallest absolute Gasteiger partial charge is 0.342 e. The molecule has 2 aromatic carbocycles. The molecule has 1 saturated heterocycles. The Morgan fingerprint density at radius 3 is 2.50 bits per heavy atom. The number of aromatic carboxylic acids is 1. The first-order valence-electron chi connectivity index (χ1n) is 11.0. The van der Waals surface area contributed by atoms with Crippen molar-refractivity contribution >= 4 is 45.9 Å². The molecule has 3 heterocycles. The van der Waals surface area contributed by atoms with Crippen LogP contribution in [0, 0.1) is 5.82 Å². The molecular weight excluding hydrogens is 459 g/mol. The number of rotatable bonds is 5. The van der Waals surface area contributed by atoms with Gasteiger partial charge in [0.1, 0.15) is 11.4 Å². The number of benzene rings is 2. The minimum Gasteiger partial charge on any atom is -0.477 e. The summed E-state index contributed by atoms with van der Waals surface area (Å²) in [4.78, 5) is 40.7. The van der Waals surface area contributed by atoms with E-state index in [0.717, 1.165) is 11.8 Å². The average molecular weight is 483 g/mol. The molecule has 0 bridgehead atoms. The van der Waals surface area contributed by atoms with Crippen molar-refractivity contribution in [3.8, 4) is 0 Å². The number of pyridine rings is 1. The number of aromatic nitrogens is 1. The number of amides is 1. The standard InChI is InChI=1S/C24H23FN4O4S/c1-14-29-18-12-19(17(25)11-16(18)22(31)21(24(32)33)23(29)34-14)28-9-7-27(8-10-28)13-20(30)26-15-5-3-2-4-6-15/h2-6,11-12,14H,7-10,13H2,1H3,(H,26,30)(H,32,33). The monoisotopic (exact) mass is 482 g/mol. The summed E-state index contributed by atoms with van der Waals surface area (Å²) in [5.74, 6) is -1.96. The van der Waals surface area contributed by atoms with Crippen LogP contribution >= 0.6 is 11.8 Å². The number of anilines is 2. The van der Waals surface area contributed by atoms with Crippen molar-refractivity contribution < 1.29 is 19.1 Å². The van der Waals surface area contributed by atoms with Gasteiger partial charge in [0.05, 0.1) is 28.1 Å². The molecule has 2 aliphatic heterocycles. The normalized spacial score (nSPS) is 17.8. The van der Waals surface area contributed by atoms with E-state index in [-0.39, 0.29) is 28.8 Å². The average Bonchev–Trinajstić information content (AvgIpc) is 2.80. The van der Waals surface area contributed by atoms with E-state index in [2.05, 4.69) is 5.32 Å². The third kappa shape index (κ3) is 3.92. The van der Waals surface area contributed by atoms with Crippen molar-refractivity contribution in [2.45, 2.75) is 17.3 Å². The quantitative estimate of drug-likeness (QED) is 0.577. The number of thioether (sulfide) groups is 1. The molecule has 1 aromatic heterocycles. The lowest BCUT2D eigenvalue weighted by Gasteiger charge is -2.37. The van der Waals surface area contributed by atoms with Gasteiger partial charge in [-0.3, -0.25) is 14.5 Å². The van der Waals surface area contributed by atoms with Gasteiger partial charge in [0.2, 0.25) is 11.3 Å². The molecule has 0 saturated carbocycles. The van der Waals surface area contributed by atoms with Crippen LogP contribution in [0.5, 0.6) is 0 Å². The second-order valence-electron chi connectivity index (χ2n) is 8.40. The molecule has 10 heteroatoms. The zero-order chi connectivity index (χ0) is 24.0. The van der Waals surface area contributed by atoms with Crippen LogP contribution in [0.3, 0.4) is 0 Å². The minimum absolute atomic E-state index is 0.0468. The largest absolute Gasteiger partial charge is 0.477 e. The van der Waals surface area contributed by atoms with Crippen LogP contribution in [0.15, 0.2) is 52.3 Å². The van der Waals surface area contributed by atoms with Gasteiger partial charge in [-0.05, 0) is 31.2 Å². The molecule has 2 N–H and O–H groups in total. The number of carboxylic acid groups (broad SMARTS) is 1. The number of nitrogens with zero attached hydrogens (tertiary/aromatic N) is 3. The van der Waals surface area contributed by atoms with E-state index >= 15 is 4.39 Å². The Morgan fingerprint density at radius 1 is 1.15 bits per heavy atom. The highest BCUT2D eigenvalue weighted by molar-refractivity contribution is 8.00. The Bertz CT molecular complexity index is 1350. The first kappa shape index (κ1) is 22.4. The first-order chi connectivity index (χ1) is 16.3. The van der Waals surface area contributed by atoms with Crippen molar-refractivity contribution in [1.29, 1.82) is 0 Å². The third-order valence-electron chi connectivity index (χ3n) is 6.23. The highest BCUT2D eigenvalue weighted by Crippen LogP contribution is 2.46. The van der Waals surface area contributed by atoms with Crippen LogP contribution in [0.1, 0.15) is 22.7 Å². The number of carbonyl (C=O) groups excluding carboxylic acids is 1. The first-order valence-corrected chi connectivity index (χ1v) is 11.9. The Labute approximate surface area is 199 Å². The summed E-state index contributed by atoms with van der Waals surface area (Å²) >= 11 is 1.32. The summed E-state index contributed by atoms with van der Waals surface area (Å²) in [6.45, 7) is 4.38. The number of nitrogens with one attached hydrogen (secondary N) is 1. The lowest BCUT2D eigenvalue weighted by atomic mass is 10.1. The number of hydrogen-bond donors (Lipinski definition) is 2. The summed E-state index contributed by atoms with van der Waals surface area (Å²) in [6.07, 6.45) is 0. The summed E-state index contributed by atoms with van der Waals surface area (Å²) in [6, 6.07) is 12.1. The Morgan fingerprint density at radius 2 is 1.85 bits per heavy atom. The minimum atomic E-state index is -1.30. The second kappa shape index (κ2) is 8.77. The van der Waals surface area contributed by atoms with Crippen LogP contribution in [0.2, 0.25) is 0 Å². The molecule has 8 nitrogen and oxygen atoms in total. The zero-order valence-electron chi connectivity index (χ0n) is 18.5. The highest BCUT2D eigenvalue weighted by atomic mass is 32.2.